The Labute approximate surface area is 62.2 Å². The lowest BCUT2D eigenvalue weighted by Crippen LogP contribution is -1.84. The minimum atomic E-state index is 0.665. The van der Waals surface area contributed by atoms with Crippen LogP contribution in [-0.2, 0) is 0 Å². The van der Waals surface area contributed by atoms with Gasteiger partial charge in [0.1, 0.15) is 0 Å². The lowest BCUT2D eigenvalue weighted by molar-refractivity contribution is 0.855. The van der Waals surface area contributed by atoms with E-state index < -0.39 is 0 Å². The van der Waals surface area contributed by atoms with E-state index in [4.69, 9.17) is 11.6 Å². The summed E-state index contributed by atoms with van der Waals surface area (Å²) in [5.41, 5.74) is 0.949. The number of hydrogen-bond acceptors (Lipinski definition) is 2. The Morgan fingerprint density at radius 3 is 3.20 bits per heavy atom. The number of nitrogens with zero attached hydrogens (tertiary/aromatic N) is 3. The van der Waals surface area contributed by atoms with Gasteiger partial charge in [-0.15, -0.1) is 5.10 Å². The number of rotatable bonds is 0. The van der Waals surface area contributed by atoms with Crippen molar-refractivity contribution < 1.29 is 0 Å². The monoisotopic (exact) mass is 153 g/mol. The molecule has 0 unspecified atom stereocenters. The highest BCUT2D eigenvalue weighted by molar-refractivity contribution is 6.30. The molecule has 2 heterocycles. The Hall–Kier alpha value is -1.09. The van der Waals surface area contributed by atoms with Crippen LogP contribution in [0.3, 0.4) is 0 Å². The smallest absolute Gasteiger partial charge is 0.0866 e. The molecule has 0 fully saturated rings. The highest BCUT2D eigenvalue weighted by Crippen LogP contribution is 2.08. The van der Waals surface area contributed by atoms with E-state index >= 15 is 0 Å². The van der Waals surface area contributed by atoms with Crippen molar-refractivity contribution in [1.29, 1.82) is 0 Å². The van der Waals surface area contributed by atoms with Gasteiger partial charge in [-0.1, -0.05) is 16.8 Å². The van der Waals surface area contributed by atoms with E-state index in [0.29, 0.717) is 5.02 Å². The van der Waals surface area contributed by atoms with Crippen LogP contribution in [0, 0.1) is 0 Å². The fourth-order valence-corrected chi connectivity index (χ4v) is 0.951. The SMILES string of the molecule is Clc1ccc2cnnn2c1. The average Bonchev–Trinajstić information content (AvgIpc) is 2.33. The molecule has 2 rings (SSSR count). The van der Waals surface area contributed by atoms with Gasteiger partial charge < -0.3 is 0 Å². The normalized spacial score (nSPS) is 10.5. The molecule has 50 valence electrons. The van der Waals surface area contributed by atoms with Crippen LogP contribution in [-0.4, -0.2) is 14.8 Å². The van der Waals surface area contributed by atoms with Gasteiger partial charge in [-0.05, 0) is 12.1 Å². The van der Waals surface area contributed by atoms with Crippen molar-refractivity contribution in [3.8, 4) is 0 Å². The highest BCUT2D eigenvalue weighted by Gasteiger charge is 1.92. The Morgan fingerprint density at radius 1 is 1.40 bits per heavy atom. The van der Waals surface area contributed by atoms with E-state index in [1.54, 1.807) is 23.0 Å². The van der Waals surface area contributed by atoms with Crippen molar-refractivity contribution >= 4 is 17.1 Å². The number of hydrogen-bond donors (Lipinski definition) is 0. The van der Waals surface area contributed by atoms with Crippen molar-refractivity contribution in [2.75, 3.05) is 0 Å². The van der Waals surface area contributed by atoms with Crippen molar-refractivity contribution in [3.63, 3.8) is 0 Å². The maximum atomic E-state index is 5.69. The number of aromatic nitrogens is 3. The minimum Gasteiger partial charge on any atom is -0.219 e. The van der Waals surface area contributed by atoms with Crippen LogP contribution >= 0.6 is 11.6 Å². The first-order chi connectivity index (χ1) is 4.86. The van der Waals surface area contributed by atoms with Gasteiger partial charge in [-0.3, -0.25) is 0 Å². The molecule has 0 spiro atoms. The summed E-state index contributed by atoms with van der Waals surface area (Å²) >= 11 is 5.69. The zero-order chi connectivity index (χ0) is 6.97. The summed E-state index contributed by atoms with van der Waals surface area (Å²) in [6, 6.07) is 3.67. The summed E-state index contributed by atoms with van der Waals surface area (Å²) in [5.74, 6) is 0. The van der Waals surface area contributed by atoms with Crippen molar-refractivity contribution in [2.45, 2.75) is 0 Å². The molecule has 0 saturated carbocycles. The van der Waals surface area contributed by atoms with E-state index in [1.165, 1.54) is 0 Å². The molecular formula is C6H4ClN3. The Morgan fingerprint density at radius 2 is 2.30 bits per heavy atom. The molecule has 0 atom stereocenters. The van der Waals surface area contributed by atoms with Gasteiger partial charge in [0.15, 0.2) is 0 Å². The summed E-state index contributed by atoms with van der Waals surface area (Å²) in [6.45, 7) is 0. The minimum absolute atomic E-state index is 0.665. The van der Waals surface area contributed by atoms with Gasteiger partial charge in [0, 0.05) is 6.20 Å². The van der Waals surface area contributed by atoms with Crippen molar-refractivity contribution in [2.24, 2.45) is 0 Å². The summed E-state index contributed by atoms with van der Waals surface area (Å²) in [6.07, 6.45) is 3.39. The second-order valence-corrected chi connectivity index (χ2v) is 2.39. The number of pyridine rings is 1. The molecule has 0 radical (unpaired) electrons. The third kappa shape index (κ3) is 0.752. The van der Waals surface area contributed by atoms with Crippen LogP contribution in [0.25, 0.3) is 5.52 Å². The molecule has 0 aliphatic heterocycles. The Bertz CT molecular complexity index is 355. The molecule has 2 aromatic heterocycles. The standard InChI is InChI=1S/C6H4ClN3/c7-5-1-2-6-3-8-9-10(6)4-5/h1-4H. The third-order valence-corrected chi connectivity index (χ3v) is 1.49. The van der Waals surface area contributed by atoms with E-state index in [0.717, 1.165) is 5.52 Å². The molecular weight excluding hydrogens is 150 g/mol. The summed E-state index contributed by atoms with van der Waals surface area (Å²) < 4.78 is 1.63. The maximum Gasteiger partial charge on any atom is 0.0866 e. The van der Waals surface area contributed by atoms with Crippen LogP contribution in [0.2, 0.25) is 5.02 Å². The molecule has 0 aliphatic carbocycles. The zero-order valence-corrected chi connectivity index (χ0v) is 5.78. The molecule has 0 saturated heterocycles. The Kier molecular flexibility index (Phi) is 1.11. The van der Waals surface area contributed by atoms with E-state index in [2.05, 4.69) is 10.3 Å². The second kappa shape index (κ2) is 1.95. The summed E-state index contributed by atoms with van der Waals surface area (Å²) in [7, 11) is 0. The van der Waals surface area contributed by atoms with Crippen LogP contribution in [0.15, 0.2) is 24.5 Å². The lowest BCUT2D eigenvalue weighted by Gasteiger charge is -1.89. The molecule has 4 heteroatoms. The molecule has 0 aliphatic rings. The number of fused-ring (bicyclic) bond motifs is 1. The van der Waals surface area contributed by atoms with E-state index in [9.17, 15) is 0 Å². The molecule has 0 N–H and O–H groups in total. The van der Waals surface area contributed by atoms with Crippen LogP contribution in [0.5, 0.6) is 0 Å². The number of halogens is 1. The van der Waals surface area contributed by atoms with Gasteiger partial charge >= 0.3 is 0 Å². The van der Waals surface area contributed by atoms with Crippen LogP contribution in [0.4, 0.5) is 0 Å². The zero-order valence-electron chi connectivity index (χ0n) is 5.03. The largest absolute Gasteiger partial charge is 0.219 e. The van der Waals surface area contributed by atoms with Gasteiger partial charge in [-0.25, -0.2) is 4.52 Å². The molecule has 3 nitrogen and oxygen atoms in total. The van der Waals surface area contributed by atoms with Crippen LogP contribution in [0.1, 0.15) is 0 Å². The van der Waals surface area contributed by atoms with Gasteiger partial charge in [0.25, 0.3) is 0 Å². The fraction of sp³-hybridized carbons (Fsp3) is 0. The van der Waals surface area contributed by atoms with Crippen molar-refractivity contribution in [1.82, 2.24) is 14.8 Å². The summed E-state index contributed by atoms with van der Waals surface area (Å²) in [5, 5.41) is 8.12. The first kappa shape index (κ1) is 5.68. The molecule has 10 heavy (non-hydrogen) atoms. The van der Waals surface area contributed by atoms with Gasteiger partial charge in [-0.2, -0.15) is 0 Å². The molecule has 0 amide bonds. The second-order valence-electron chi connectivity index (χ2n) is 1.95. The first-order valence-corrected chi connectivity index (χ1v) is 3.19. The average molecular weight is 154 g/mol. The Balaban J connectivity index is 2.86. The molecule has 0 bridgehead atoms. The van der Waals surface area contributed by atoms with E-state index in [-0.39, 0.29) is 0 Å². The molecule has 0 aromatic carbocycles. The quantitative estimate of drug-likeness (QED) is 0.573. The van der Waals surface area contributed by atoms with Crippen molar-refractivity contribution in [3.05, 3.63) is 29.5 Å². The predicted molar refractivity (Wildman–Crippen MR) is 38.0 cm³/mol. The fourth-order valence-electron chi connectivity index (χ4n) is 0.796. The third-order valence-electron chi connectivity index (χ3n) is 1.26. The lowest BCUT2D eigenvalue weighted by atomic mass is 10.4. The van der Waals surface area contributed by atoms with Gasteiger partial charge in [0.05, 0.1) is 16.7 Å². The van der Waals surface area contributed by atoms with Crippen LogP contribution < -0.4 is 0 Å². The topological polar surface area (TPSA) is 30.2 Å². The molecule has 2 aromatic rings. The highest BCUT2D eigenvalue weighted by atomic mass is 35.5. The predicted octanol–water partition coefficient (Wildman–Crippen LogP) is 1.38. The summed E-state index contributed by atoms with van der Waals surface area (Å²) in [4.78, 5) is 0. The maximum absolute atomic E-state index is 5.69. The van der Waals surface area contributed by atoms with E-state index in [1.807, 2.05) is 6.07 Å². The van der Waals surface area contributed by atoms with Gasteiger partial charge in [0.2, 0.25) is 0 Å². The first-order valence-electron chi connectivity index (χ1n) is 2.82.